The van der Waals surface area contributed by atoms with Crippen LogP contribution in [-0.2, 0) is 0 Å². The molecule has 0 aliphatic carbocycles. The Kier molecular flexibility index (Phi) is 3.24. The second kappa shape index (κ2) is 4.83. The van der Waals surface area contributed by atoms with Crippen molar-refractivity contribution in [3.05, 3.63) is 54.1 Å². The van der Waals surface area contributed by atoms with Crippen LogP contribution in [0.3, 0.4) is 0 Å². The van der Waals surface area contributed by atoms with Crippen molar-refractivity contribution in [2.24, 2.45) is 0 Å². The van der Waals surface area contributed by atoms with Gasteiger partial charge in [0.1, 0.15) is 0 Å². The molecule has 0 aliphatic rings. The summed E-state index contributed by atoms with van der Waals surface area (Å²) in [5, 5.41) is 27.2. The Morgan fingerprint density at radius 1 is 0.941 bits per heavy atom. The molecule has 0 aromatic heterocycles. The number of nitrogens with zero attached hydrogens (tertiary/aromatic N) is 1. The third kappa shape index (κ3) is 2.54. The molecule has 3 nitrogen and oxygen atoms in total. The first kappa shape index (κ1) is 11.4. The maximum Gasteiger partial charge on any atom is 0.488 e. The monoisotopic (exact) mass is 223 g/mol. The van der Waals surface area contributed by atoms with E-state index in [4.69, 9.17) is 15.3 Å². The molecular formula is C13H10BNO2. The topological polar surface area (TPSA) is 64.2 Å². The van der Waals surface area contributed by atoms with E-state index in [1.807, 2.05) is 36.4 Å². The van der Waals surface area contributed by atoms with Crippen LogP contribution in [0.2, 0.25) is 0 Å². The average Bonchev–Trinajstić information content (AvgIpc) is 2.39. The van der Waals surface area contributed by atoms with E-state index in [9.17, 15) is 0 Å². The fourth-order valence-corrected chi connectivity index (χ4v) is 1.66. The molecule has 0 saturated carbocycles. The molecule has 0 aliphatic heterocycles. The minimum Gasteiger partial charge on any atom is -0.423 e. The second-order valence-electron chi connectivity index (χ2n) is 3.70. The van der Waals surface area contributed by atoms with Crippen LogP contribution in [0.25, 0.3) is 11.1 Å². The molecule has 4 heteroatoms. The van der Waals surface area contributed by atoms with Crippen LogP contribution in [0, 0.1) is 11.3 Å². The molecule has 0 heterocycles. The van der Waals surface area contributed by atoms with Gasteiger partial charge in [-0.25, -0.2) is 0 Å². The molecule has 0 saturated heterocycles. The summed E-state index contributed by atoms with van der Waals surface area (Å²) >= 11 is 0. The van der Waals surface area contributed by atoms with Gasteiger partial charge < -0.3 is 10.0 Å². The zero-order chi connectivity index (χ0) is 12.3. The lowest BCUT2D eigenvalue weighted by Crippen LogP contribution is -2.30. The molecule has 2 N–H and O–H groups in total. The van der Waals surface area contributed by atoms with Crippen molar-refractivity contribution in [2.75, 3.05) is 0 Å². The van der Waals surface area contributed by atoms with Crippen molar-refractivity contribution in [1.82, 2.24) is 0 Å². The maximum absolute atomic E-state index is 9.16. The molecule has 0 amide bonds. The lowest BCUT2D eigenvalue weighted by atomic mass is 9.78. The number of rotatable bonds is 2. The van der Waals surface area contributed by atoms with E-state index in [-0.39, 0.29) is 0 Å². The van der Waals surface area contributed by atoms with E-state index < -0.39 is 7.12 Å². The first-order chi connectivity index (χ1) is 8.20. The Balaban J connectivity index is 2.55. The van der Waals surface area contributed by atoms with Crippen LogP contribution in [0.1, 0.15) is 5.56 Å². The van der Waals surface area contributed by atoms with Gasteiger partial charge in [0.05, 0.1) is 11.6 Å². The van der Waals surface area contributed by atoms with Gasteiger partial charge in [0.2, 0.25) is 0 Å². The summed E-state index contributed by atoms with van der Waals surface area (Å²) in [6.07, 6.45) is 0. The van der Waals surface area contributed by atoms with Crippen molar-refractivity contribution in [3.63, 3.8) is 0 Å². The van der Waals surface area contributed by atoms with Crippen LogP contribution in [0.4, 0.5) is 0 Å². The molecule has 2 rings (SSSR count). The van der Waals surface area contributed by atoms with Gasteiger partial charge in [0.15, 0.2) is 0 Å². The van der Waals surface area contributed by atoms with Crippen LogP contribution >= 0.6 is 0 Å². The summed E-state index contributed by atoms with van der Waals surface area (Å²) in [6, 6.07) is 16.4. The minimum absolute atomic E-state index is 0.322. The lowest BCUT2D eigenvalue weighted by molar-refractivity contribution is 0.426. The number of hydrogen-bond acceptors (Lipinski definition) is 3. The summed E-state index contributed by atoms with van der Waals surface area (Å²) in [6.45, 7) is 0. The standard InChI is InChI=1S/C13H10BNO2/c15-9-10-6-12(8-13(7-10)14(16)17)11-4-2-1-3-5-11/h1-8,16-17H. The third-order valence-corrected chi connectivity index (χ3v) is 2.49. The van der Waals surface area contributed by atoms with Gasteiger partial charge in [-0.05, 0) is 28.7 Å². The van der Waals surface area contributed by atoms with E-state index in [1.165, 1.54) is 6.07 Å². The molecule has 2 aromatic carbocycles. The highest BCUT2D eigenvalue weighted by Crippen LogP contribution is 2.18. The molecule has 0 atom stereocenters. The van der Waals surface area contributed by atoms with Gasteiger partial charge in [-0.1, -0.05) is 36.4 Å². The predicted molar refractivity (Wildman–Crippen MR) is 66.4 cm³/mol. The number of hydrogen-bond donors (Lipinski definition) is 2. The van der Waals surface area contributed by atoms with Gasteiger partial charge in [-0.3, -0.25) is 0 Å². The first-order valence-electron chi connectivity index (χ1n) is 5.17. The molecule has 82 valence electrons. The zero-order valence-electron chi connectivity index (χ0n) is 9.04. The largest absolute Gasteiger partial charge is 0.488 e. The van der Waals surface area contributed by atoms with E-state index in [1.54, 1.807) is 12.1 Å². The van der Waals surface area contributed by atoms with E-state index in [2.05, 4.69) is 0 Å². The fraction of sp³-hybridized carbons (Fsp3) is 0. The molecular weight excluding hydrogens is 213 g/mol. The van der Waals surface area contributed by atoms with Crippen molar-refractivity contribution < 1.29 is 10.0 Å². The first-order valence-corrected chi connectivity index (χ1v) is 5.17. The van der Waals surface area contributed by atoms with Gasteiger partial charge in [-0.15, -0.1) is 0 Å². The molecule has 0 unspecified atom stereocenters. The summed E-state index contributed by atoms with van der Waals surface area (Å²) in [5.74, 6) is 0. The molecule has 2 aromatic rings. The summed E-state index contributed by atoms with van der Waals surface area (Å²) < 4.78 is 0. The van der Waals surface area contributed by atoms with E-state index >= 15 is 0 Å². The second-order valence-corrected chi connectivity index (χ2v) is 3.70. The van der Waals surface area contributed by atoms with Crippen molar-refractivity contribution in [2.45, 2.75) is 0 Å². The molecule has 0 fully saturated rings. The summed E-state index contributed by atoms with van der Waals surface area (Å²) in [5.41, 5.74) is 2.47. The molecule has 0 radical (unpaired) electrons. The molecule has 0 bridgehead atoms. The number of nitriles is 1. The third-order valence-electron chi connectivity index (χ3n) is 2.49. The minimum atomic E-state index is -1.56. The van der Waals surface area contributed by atoms with Gasteiger partial charge in [0.25, 0.3) is 0 Å². The van der Waals surface area contributed by atoms with Gasteiger partial charge >= 0.3 is 7.12 Å². The van der Waals surface area contributed by atoms with Gasteiger partial charge in [-0.2, -0.15) is 5.26 Å². The van der Waals surface area contributed by atoms with Crippen LogP contribution in [0.15, 0.2) is 48.5 Å². The Morgan fingerprint density at radius 3 is 2.24 bits per heavy atom. The predicted octanol–water partition coefficient (Wildman–Crippen LogP) is 0.905. The average molecular weight is 223 g/mol. The Morgan fingerprint density at radius 2 is 1.65 bits per heavy atom. The Bertz CT molecular complexity index is 561. The normalized spacial score (nSPS) is 9.71. The fourth-order valence-electron chi connectivity index (χ4n) is 1.66. The quantitative estimate of drug-likeness (QED) is 0.743. The van der Waals surface area contributed by atoms with Crippen molar-refractivity contribution in [1.29, 1.82) is 5.26 Å². The molecule has 0 spiro atoms. The molecule has 17 heavy (non-hydrogen) atoms. The Hall–Kier alpha value is -2.09. The SMILES string of the molecule is N#Cc1cc(B(O)O)cc(-c2ccccc2)c1. The summed E-state index contributed by atoms with van der Waals surface area (Å²) in [4.78, 5) is 0. The lowest BCUT2D eigenvalue weighted by Gasteiger charge is -2.06. The maximum atomic E-state index is 9.16. The van der Waals surface area contributed by atoms with Crippen LogP contribution in [-0.4, -0.2) is 17.2 Å². The van der Waals surface area contributed by atoms with Crippen LogP contribution < -0.4 is 5.46 Å². The Labute approximate surface area is 99.7 Å². The van der Waals surface area contributed by atoms with Crippen molar-refractivity contribution in [3.8, 4) is 17.2 Å². The smallest absolute Gasteiger partial charge is 0.423 e. The van der Waals surface area contributed by atoms with E-state index in [0.29, 0.717) is 11.0 Å². The van der Waals surface area contributed by atoms with E-state index in [0.717, 1.165) is 11.1 Å². The zero-order valence-corrected chi connectivity index (χ0v) is 9.04. The van der Waals surface area contributed by atoms with Gasteiger partial charge in [0, 0.05) is 0 Å². The highest BCUT2D eigenvalue weighted by atomic mass is 16.4. The van der Waals surface area contributed by atoms with Crippen LogP contribution in [0.5, 0.6) is 0 Å². The summed E-state index contributed by atoms with van der Waals surface area (Å²) in [7, 11) is -1.56. The van der Waals surface area contributed by atoms with Crippen molar-refractivity contribution >= 4 is 12.6 Å². The number of benzene rings is 2. The highest BCUT2D eigenvalue weighted by Gasteiger charge is 2.13. The highest BCUT2D eigenvalue weighted by molar-refractivity contribution is 6.58.